The zero-order chi connectivity index (χ0) is 18.6. The van der Waals surface area contributed by atoms with Gasteiger partial charge in [0, 0.05) is 18.6 Å². The molecule has 1 aliphatic rings. The Labute approximate surface area is 151 Å². The number of hydrogen-bond donors (Lipinski definition) is 1. The van der Waals surface area contributed by atoms with Crippen LogP contribution in [0.5, 0.6) is 0 Å². The number of likely N-dealkylation sites (tertiary alicyclic amines) is 1. The first kappa shape index (κ1) is 19.9. The lowest BCUT2D eigenvalue weighted by atomic mass is 10.00. The van der Waals surface area contributed by atoms with E-state index in [2.05, 4.69) is 6.92 Å². The summed E-state index contributed by atoms with van der Waals surface area (Å²) in [6.07, 6.45) is 4.37. The summed E-state index contributed by atoms with van der Waals surface area (Å²) in [4.78, 5) is 16.8. The summed E-state index contributed by atoms with van der Waals surface area (Å²) in [6.45, 7) is 5.35. The molecule has 2 unspecified atom stereocenters. The molecule has 1 fully saturated rings. The molecule has 1 aromatic rings. The highest BCUT2D eigenvalue weighted by molar-refractivity contribution is 7.89. The highest BCUT2D eigenvalue weighted by atomic mass is 32.2. The van der Waals surface area contributed by atoms with Gasteiger partial charge in [-0.05, 0) is 57.4 Å². The number of rotatable bonds is 6. The number of benzene rings is 1. The Bertz CT molecular complexity index is 688. The van der Waals surface area contributed by atoms with E-state index in [1.165, 1.54) is 18.6 Å². The first-order valence-corrected chi connectivity index (χ1v) is 10.4. The molecule has 2 rings (SSSR count). The fourth-order valence-corrected chi connectivity index (χ4v) is 3.90. The minimum Gasteiger partial charge on any atom is -0.339 e. The number of carbonyl (C=O) groups excluding carboxylic acids is 1. The Morgan fingerprint density at radius 1 is 1.32 bits per heavy atom. The van der Waals surface area contributed by atoms with Crippen LogP contribution in [0.3, 0.4) is 0 Å². The maximum atomic E-state index is 12.7. The largest absolute Gasteiger partial charge is 0.339 e. The van der Waals surface area contributed by atoms with Crippen molar-refractivity contribution in [1.29, 1.82) is 0 Å². The topological polar surface area (TPSA) is 83.7 Å². The Kier molecular flexibility index (Phi) is 6.59. The van der Waals surface area contributed by atoms with E-state index in [-0.39, 0.29) is 16.8 Å². The van der Waals surface area contributed by atoms with Crippen LogP contribution in [0, 0.1) is 0 Å². The van der Waals surface area contributed by atoms with Crippen LogP contribution in [0.1, 0.15) is 51.1 Å². The number of nitrogens with two attached hydrogens (primary N) is 1. The van der Waals surface area contributed by atoms with Gasteiger partial charge >= 0.3 is 0 Å². The molecule has 1 aliphatic heterocycles. The highest BCUT2D eigenvalue weighted by Crippen LogP contribution is 2.23. The SMILES string of the molecule is CCC1CCCCN1C(=O)CN(C)C(C)c1ccc(S(N)(=O)=O)cc1. The lowest BCUT2D eigenvalue weighted by Gasteiger charge is -2.37. The molecule has 0 saturated carbocycles. The molecule has 0 aliphatic carbocycles. The molecule has 0 bridgehead atoms. The van der Waals surface area contributed by atoms with Gasteiger partial charge in [0.1, 0.15) is 0 Å². The lowest BCUT2D eigenvalue weighted by molar-refractivity contribution is -0.136. The summed E-state index contributed by atoms with van der Waals surface area (Å²) >= 11 is 0. The van der Waals surface area contributed by atoms with Crippen molar-refractivity contribution in [3.05, 3.63) is 29.8 Å². The van der Waals surface area contributed by atoms with Crippen LogP contribution in [-0.4, -0.2) is 50.3 Å². The molecular formula is C18H29N3O3S. The van der Waals surface area contributed by atoms with Crippen molar-refractivity contribution in [2.24, 2.45) is 5.14 Å². The molecule has 1 aromatic carbocycles. The van der Waals surface area contributed by atoms with Crippen LogP contribution >= 0.6 is 0 Å². The normalized spacial score (nSPS) is 19.9. The van der Waals surface area contributed by atoms with Gasteiger partial charge in [0.05, 0.1) is 11.4 Å². The van der Waals surface area contributed by atoms with E-state index in [4.69, 9.17) is 5.14 Å². The van der Waals surface area contributed by atoms with Gasteiger partial charge < -0.3 is 4.90 Å². The molecule has 1 saturated heterocycles. The van der Waals surface area contributed by atoms with Gasteiger partial charge in [-0.25, -0.2) is 13.6 Å². The third-order valence-corrected chi connectivity index (χ3v) is 6.08. The molecule has 7 heteroatoms. The molecule has 2 atom stereocenters. The van der Waals surface area contributed by atoms with E-state index >= 15 is 0 Å². The third-order valence-electron chi connectivity index (χ3n) is 5.16. The van der Waals surface area contributed by atoms with Crippen LogP contribution in [0.25, 0.3) is 0 Å². The second kappa shape index (κ2) is 8.29. The van der Waals surface area contributed by atoms with Gasteiger partial charge in [-0.15, -0.1) is 0 Å². The summed E-state index contributed by atoms with van der Waals surface area (Å²) in [7, 11) is -1.76. The van der Waals surface area contributed by atoms with Crippen LogP contribution in [0.4, 0.5) is 0 Å². The van der Waals surface area contributed by atoms with E-state index in [0.717, 1.165) is 31.4 Å². The molecule has 0 radical (unpaired) electrons. The summed E-state index contributed by atoms with van der Waals surface area (Å²) in [5.74, 6) is 0.169. The zero-order valence-corrected chi connectivity index (χ0v) is 16.1. The molecule has 140 valence electrons. The molecule has 25 heavy (non-hydrogen) atoms. The first-order valence-electron chi connectivity index (χ1n) is 8.86. The van der Waals surface area contributed by atoms with Crippen molar-refractivity contribution in [3.8, 4) is 0 Å². The maximum absolute atomic E-state index is 12.7. The second-order valence-corrected chi connectivity index (χ2v) is 8.41. The first-order chi connectivity index (χ1) is 11.7. The van der Waals surface area contributed by atoms with Gasteiger partial charge in [-0.1, -0.05) is 19.1 Å². The lowest BCUT2D eigenvalue weighted by Crippen LogP contribution is -2.47. The molecule has 6 nitrogen and oxygen atoms in total. The van der Waals surface area contributed by atoms with Gasteiger partial charge in [0.15, 0.2) is 0 Å². The van der Waals surface area contributed by atoms with Crippen molar-refractivity contribution in [2.45, 2.75) is 56.5 Å². The Morgan fingerprint density at radius 2 is 1.96 bits per heavy atom. The van der Waals surface area contributed by atoms with Crippen LogP contribution in [0.15, 0.2) is 29.2 Å². The number of hydrogen-bond acceptors (Lipinski definition) is 4. The molecule has 0 aromatic heterocycles. The molecule has 1 heterocycles. The molecular weight excluding hydrogens is 338 g/mol. The predicted octanol–water partition coefficient (Wildman–Crippen LogP) is 2.12. The minimum absolute atomic E-state index is 0.00310. The summed E-state index contributed by atoms with van der Waals surface area (Å²) in [5, 5.41) is 5.13. The van der Waals surface area contributed by atoms with E-state index < -0.39 is 10.0 Å². The van der Waals surface area contributed by atoms with Crippen molar-refractivity contribution >= 4 is 15.9 Å². The standard InChI is InChI=1S/C18H29N3O3S/c1-4-16-7-5-6-12-21(16)18(22)13-20(3)14(2)15-8-10-17(11-9-15)25(19,23)24/h8-11,14,16H,4-7,12-13H2,1-3H3,(H2,19,23,24). The van der Waals surface area contributed by atoms with Gasteiger partial charge in [-0.3, -0.25) is 9.69 Å². The van der Waals surface area contributed by atoms with Crippen molar-refractivity contribution in [1.82, 2.24) is 9.80 Å². The average molecular weight is 368 g/mol. The van der Waals surface area contributed by atoms with Crippen molar-refractivity contribution in [2.75, 3.05) is 20.1 Å². The summed E-state index contributed by atoms with van der Waals surface area (Å²) in [5.41, 5.74) is 0.952. The van der Waals surface area contributed by atoms with Crippen molar-refractivity contribution in [3.63, 3.8) is 0 Å². The van der Waals surface area contributed by atoms with Crippen LogP contribution in [-0.2, 0) is 14.8 Å². The fraction of sp³-hybridized carbons (Fsp3) is 0.611. The number of piperidine rings is 1. The summed E-state index contributed by atoms with van der Waals surface area (Å²) < 4.78 is 22.7. The van der Waals surface area contributed by atoms with E-state index in [1.807, 2.05) is 23.8 Å². The minimum atomic E-state index is -3.68. The monoisotopic (exact) mass is 367 g/mol. The van der Waals surface area contributed by atoms with Crippen LogP contribution < -0.4 is 5.14 Å². The smallest absolute Gasteiger partial charge is 0.238 e. The number of primary sulfonamides is 1. The molecule has 0 spiro atoms. The number of carbonyl (C=O) groups is 1. The fourth-order valence-electron chi connectivity index (χ4n) is 3.38. The number of amides is 1. The Morgan fingerprint density at radius 3 is 2.52 bits per heavy atom. The third kappa shape index (κ3) is 5.03. The average Bonchev–Trinajstić information content (AvgIpc) is 2.60. The second-order valence-electron chi connectivity index (χ2n) is 6.85. The van der Waals surface area contributed by atoms with Crippen LogP contribution in [0.2, 0.25) is 0 Å². The Balaban J connectivity index is 2.01. The number of sulfonamides is 1. The van der Waals surface area contributed by atoms with Crippen molar-refractivity contribution < 1.29 is 13.2 Å². The molecule has 1 amide bonds. The van der Waals surface area contributed by atoms with E-state index in [0.29, 0.717) is 12.6 Å². The van der Waals surface area contributed by atoms with Gasteiger partial charge in [0.2, 0.25) is 15.9 Å². The highest BCUT2D eigenvalue weighted by Gasteiger charge is 2.26. The molecule has 2 N–H and O–H groups in total. The zero-order valence-electron chi connectivity index (χ0n) is 15.3. The Hall–Kier alpha value is -1.44. The van der Waals surface area contributed by atoms with E-state index in [1.54, 1.807) is 12.1 Å². The quantitative estimate of drug-likeness (QED) is 0.835. The predicted molar refractivity (Wildman–Crippen MR) is 98.5 cm³/mol. The van der Waals surface area contributed by atoms with Gasteiger partial charge in [-0.2, -0.15) is 0 Å². The van der Waals surface area contributed by atoms with Gasteiger partial charge in [0.25, 0.3) is 0 Å². The maximum Gasteiger partial charge on any atom is 0.238 e. The number of likely N-dealkylation sites (N-methyl/N-ethyl adjacent to an activating group) is 1. The summed E-state index contributed by atoms with van der Waals surface area (Å²) in [6, 6.07) is 6.88. The number of nitrogens with zero attached hydrogens (tertiary/aromatic N) is 2. The van der Waals surface area contributed by atoms with E-state index in [9.17, 15) is 13.2 Å².